The number of benzene rings is 1. The van der Waals surface area contributed by atoms with Gasteiger partial charge in [0.2, 0.25) is 5.71 Å². The van der Waals surface area contributed by atoms with Gasteiger partial charge in [-0.1, -0.05) is 17.7 Å². The second-order valence-corrected chi connectivity index (χ2v) is 5.22. The molecule has 0 radical (unpaired) electrons. The second-order valence-electron chi connectivity index (χ2n) is 4.81. The van der Waals surface area contributed by atoms with Crippen LogP contribution < -0.4 is 0 Å². The molecule has 0 fully saturated rings. The molecule has 6 heteroatoms. The lowest BCUT2D eigenvalue weighted by Crippen LogP contribution is -2.02. The molecule has 0 aliphatic carbocycles. The third-order valence-electron chi connectivity index (χ3n) is 3.30. The number of rotatable bonds is 3. The normalized spacial score (nSPS) is 11.2. The molecule has 3 rings (SSSR count). The molecule has 0 aliphatic rings. The molecule has 2 aromatic heterocycles. The van der Waals surface area contributed by atoms with Gasteiger partial charge in [-0.15, -0.1) is 0 Å². The first-order chi connectivity index (χ1) is 9.95. The largest absolute Gasteiger partial charge is 0.477 e. The number of H-pyrrole nitrogens is 1. The van der Waals surface area contributed by atoms with Crippen LogP contribution in [0.5, 0.6) is 0 Å². The number of aryl methyl sites for hydroxylation is 1. The van der Waals surface area contributed by atoms with Crippen molar-refractivity contribution in [3.05, 3.63) is 57.7 Å². The van der Waals surface area contributed by atoms with Crippen molar-refractivity contribution < 1.29 is 18.7 Å². The predicted octanol–water partition coefficient (Wildman–Crippen LogP) is 4.15. The number of hydrogen-bond acceptors (Lipinski definition) is 2. The quantitative estimate of drug-likeness (QED) is 0.764. The van der Waals surface area contributed by atoms with E-state index in [4.69, 9.17) is 16.0 Å². The van der Waals surface area contributed by atoms with Crippen molar-refractivity contribution in [2.45, 2.75) is 13.3 Å². The summed E-state index contributed by atoms with van der Waals surface area (Å²) in [4.78, 5) is 14.1. The van der Waals surface area contributed by atoms with E-state index in [1.165, 1.54) is 12.1 Å². The van der Waals surface area contributed by atoms with Gasteiger partial charge in [-0.3, -0.25) is 0 Å². The monoisotopic (exact) mass is 307 g/mol. The first-order valence-corrected chi connectivity index (χ1v) is 6.61. The molecular weight excluding hydrogens is 297 g/mol. The summed E-state index contributed by atoms with van der Waals surface area (Å²) >= 11 is 5.76. The number of halogens is 2. The van der Waals surface area contributed by atoms with Gasteiger partial charge < -0.3 is 14.5 Å². The number of furan rings is 1. The van der Waals surface area contributed by atoms with Crippen molar-refractivity contribution in [3.63, 3.8) is 0 Å². The van der Waals surface area contributed by atoms with Gasteiger partial charge in [0.05, 0.1) is 5.02 Å². The van der Waals surface area contributed by atoms with E-state index in [1.54, 1.807) is 19.1 Å². The number of carboxylic acid groups (broad SMARTS) is 1. The maximum absolute atomic E-state index is 13.2. The molecular formula is C15H11ClFNO3. The Kier molecular flexibility index (Phi) is 3.22. The van der Waals surface area contributed by atoms with E-state index < -0.39 is 11.8 Å². The topological polar surface area (TPSA) is 66.2 Å². The molecule has 0 atom stereocenters. The summed E-state index contributed by atoms with van der Waals surface area (Å²) in [7, 11) is 0. The number of fused-ring (bicyclic) bond motifs is 1. The maximum atomic E-state index is 13.2. The lowest BCUT2D eigenvalue weighted by molar-refractivity contribution is 0.0690. The molecule has 4 nitrogen and oxygen atoms in total. The Balaban J connectivity index is 2.11. The van der Waals surface area contributed by atoms with Crippen molar-refractivity contribution in [2.24, 2.45) is 0 Å². The van der Waals surface area contributed by atoms with Crippen molar-refractivity contribution in [2.75, 3.05) is 0 Å². The fraction of sp³-hybridized carbons (Fsp3) is 0.133. The number of hydrogen-bond donors (Lipinski definition) is 2. The molecule has 0 saturated heterocycles. The Morgan fingerprint density at radius 1 is 1.43 bits per heavy atom. The van der Waals surface area contributed by atoms with Crippen LogP contribution in [0, 0.1) is 12.7 Å². The van der Waals surface area contributed by atoms with E-state index in [-0.39, 0.29) is 10.7 Å². The van der Waals surface area contributed by atoms with Crippen molar-refractivity contribution >= 4 is 28.7 Å². The number of aromatic amines is 1. The molecule has 0 aliphatic heterocycles. The summed E-state index contributed by atoms with van der Waals surface area (Å²) in [5.41, 5.74) is 1.82. The minimum atomic E-state index is -1.07. The minimum Gasteiger partial charge on any atom is -0.477 e. The predicted molar refractivity (Wildman–Crippen MR) is 76.5 cm³/mol. The first kappa shape index (κ1) is 13.7. The zero-order valence-electron chi connectivity index (χ0n) is 11.0. The van der Waals surface area contributed by atoms with Crippen molar-refractivity contribution in [1.29, 1.82) is 0 Å². The average molecular weight is 308 g/mol. The van der Waals surface area contributed by atoms with E-state index in [1.807, 2.05) is 0 Å². The first-order valence-electron chi connectivity index (χ1n) is 6.24. The number of carboxylic acids is 1. The van der Waals surface area contributed by atoms with Gasteiger partial charge in [-0.25, -0.2) is 9.18 Å². The van der Waals surface area contributed by atoms with Gasteiger partial charge in [0.1, 0.15) is 17.3 Å². The standard InChI is InChI=1S/C15H11ClFNO3/c1-7-4-10-9(13(15(19)20)18-14(10)21-7)5-8-2-3-12(17)11(16)6-8/h2-4,6,18H,5H2,1H3,(H,19,20). The Morgan fingerprint density at radius 3 is 2.86 bits per heavy atom. The smallest absolute Gasteiger partial charge is 0.352 e. The highest BCUT2D eigenvalue weighted by Gasteiger charge is 2.20. The minimum absolute atomic E-state index is 0.0135. The third kappa shape index (κ3) is 2.40. The molecule has 0 saturated carbocycles. The zero-order valence-corrected chi connectivity index (χ0v) is 11.8. The third-order valence-corrected chi connectivity index (χ3v) is 3.59. The van der Waals surface area contributed by atoms with Gasteiger partial charge in [-0.2, -0.15) is 0 Å². The van der Waals surface area contributed by atoms with Crippen molar-refractivity contribution in [3.8, 4) is 0 Å². The van der Waals surface area contributed by atoms with Crippen LogP contribution >= 0.6 is 11.6 Å². The van der Waals surface area contributed by atoms with Gasteiger partial charge in [0, 0.05) is 17.4 Å². The molecule has 0 unspecified atom stereocenters. The molecule has 2 heterocycles. The Bertz CT molecular complexity index is 850. The van der Waals surface area contributed by atoms with Crippen LogP contribution in [-0.2, 0) is 6.42 Å². The summed E-state index contributed by atoms with van der Waals surface area (Å²) in [6.07, 6.45) is 0.320. The fourth-order valence-electron chi connectivity index (χ4n) is 2.37. The highest BCUT2D eigenvalue weighted by Crippen LogP contribution is 2.29. The van der Waals surface area contributed by atoms with E-state index >= 15 is 0 Å². The van der Waals surface area contributed by atoms with Crippen LogP contribution in [0.1, 0.15) is 27.4 Å². The highest BCUT2D eigenvalue weighted by molar-refractivity contribution is 6.30. The molecule has 0 spiro atoms. The van der Waals surface area contributed by atoms with E-state index in [0.717, 1.165) is 5.56 Å². The van der Waals surface area contributed by atoms with Crippen molar-refractivity contribution in [1.82, 2.24) is 4.98 Å². The average Bonchev–Trinajstić information content (AvgIpc) is 2.92. The molecule has 2 N–H and O–H groups in total. The zero-order chi connectivity index (χ0) is 15.1. The number of aromatic nitrogens is 1. The van der Waals surface area contributed by atoms with Gasteiger partial charge in [-0.05, 0) is 30.7 Å². The van der Waals surface area contributed by atoms with E-state index in [0.29, 0.717) is 28.8 Å². The van der Waals surface area contributed by atoms with E-state index in [2.05, 4.69) is 4.98 Å². The van der Waals surface area contributed by atoms with Gasteiger partial charge in [0.25, 0.3) is 0 Å². The fourth-order valence-corrected chi connectivity index (χ4v) is 2.58. The Hall–Kier alpha value is -2.27. The Labute approximate surface area is 124 Å². The van der Waals surface area contributed by atoms with Crippen LogP contribution in [0.3, 0.4) is 0 Å². The molecule has 1 aromatic carbocycles. The van der Waals surface area contributed by atoms with Gasteiger partial charge in [0.15, 0.2) is 0 Å². The summed E-state index contributed by atoms with van der Waals surface area (Å²) in [6.45, 7) is 1.78. The molecule has 0 amide bonds. The number of nitrogens with one attached hydrogen (secondary N) is 1. The summed E-state index contributed by atoms with van der Waals surface area (Å²) in [6, 6.07) is 6.12. The lowest BCUT2D eigenvalue weighted by atomic mass is 10.0. The van der Waals surface area contributed by atoms with Crippen LogP contribution in [-0.4, -0.2) is 16.1 Å². The highest BCUT2D eigenvalue weighted by atomic mass is 35.5. The molecule has 21 heavy (non-hydrogen) atoms. The SMILES string of the molecule is Cc1cc2c(Cc3ccc(F)c(Cl)c3)c(C(=O)O)[nH]c2o1. The lowest BCUT2D eigenvalue weighted by Gasteiger charge is -2.03. The summed E-state index contributed by atoms with van der Waals surface area (Å²) < 4.78 is 18.6. The van der Waals surface area contributed by atoms with Crippen LogP contribution in [0.2, 0.25) is 5.02 Å². The van der Waals surface area contributed by atoms with Crippen LogP contribution in [0.15, 0.2) is 28.7 Å². The maximum Gasteiger partial charge on any atom is 0.352 e. The second kappa shape index (κ2) is 4.93. The number of carbonyl (C=O) groups is 1. The molecule has 3 aromatic rings. The van der Waals surface area contributed by atoms with Gasteiger partial charge >= 0.3 is 5.97 Å². The number of aromatic carboxylic acids is 1. The Morgan fingerprint density at radius 2 is 2.19 bits per heavy atom. The van der Waals surface area contributed by atoms with Crippen LogP contribution in [0.25, 0.3) is 11.1 Å². The summed E-state index contributed by atoms with van der Waals surface area (Å²) in [5, 5.41) is 10.00. The summed E-state index contributed by atoms with van der Waals surface area (Å²) in [5.74, 6) is -0.883. The van der Waals surface area contributed by atoms with E-state index in [9.17, 15) is 14.3 Å². The molecule has 108 valence electrons. The molecule has 0 bridgehead atoms. The van der Waals surface area contributed by atoms with Crippen LogP contribution in [0.4, 0.5) is 4.39 Å².